The van der Waals surface area contributed by atoms with E-state index >= 15 is 0 Å². The number of hydrogen-bond acceptors (Lipinski definition) is 2. The van der Waals surface area contributed by atoms with Gasteiger partial charge in [0.15, 0.2) is 5.78 Å². The number of ketones is 1. The molecule has 2 heterocycles. The third-order valence-electron chi connectivity index (χ3n) is 7.04. The van der Waals surface area contributed by atoms with Crippen molar-refractivity contribution in [3.63, 3.8) is 0 Å². The Labute approximate surface area is 163 Å². The fourth-order valence-electron chi connectivity index (χ4n) is 5.54. The van der Waals surface area contributed by atoms with Gasteiger partial charge in [0.05, 0.1) is 0 Å². The summed E-state index contributed by atoms with van der Waals surface area (Å²) in [6.45, 7) is 4.50. The Morgan fingerprint density at radius 3 is 2.37 bits per heavy atom. The van der Waals surface area contributed by atoms with Crippen LogP contribution >= 0.6 is 0 Å². The van der Waals surface area contributed by atoms with Gasteiger partial charge >= 0.3 is 0 Å². The zero-order valence-electron chi connectivity index (χ0n) is 16.0. The van der Waals surface area contributed by atoms with Gasteiger partial charge in [-0.15, -0.1) is 0 Å². The zero-order chi connectivity index (χ0) is 18.8. The van der Waals surface area contributed by atoms with Crippen LogP contribution in [0.25, 0.3) is 11.1 Å². The van der Waals surface area contributed by atoms with E-state index in [2.05, 4.69) is 50.2 Å². The van der Waals surface area contributed by atoms with Crippen LogP contribution in [-0.2, 0) is 16.2 Å². The van der Waals surface area contributed by atoms with Gasteiger partial charge < -0.3 is 0 Å². The summed E-state index contributed by atoms with van der Waals surface area (Å²) in [6, 6.07) is 14.9. The number of carbonyl (C=O) groups is 1. The molecular formula is C24H26O2S. The van der Waals surface area contributed by atoms with Crippen LogP contribution in [0.5, 0.6) is 0 Å². The van der Waals surface area contributed by atoms with Gasteiger partial charge in [0.25, 0.3) is 0 Å². The van der Waals surface area contributed by atoms with Crippen LogP contribution in [-0.4, -0.2) is 20.5 Å². The van der Waals surface area contributed by atoms with Gasteiger partial charge in [-0.3, -0.25) is 9.00 Å². The molecule has 2 saturated heterocycles. The molecule has 0 saturated carbocycles. The second-order valence-corrected chi connectivity index (χ2v) is 11.0. The maximum absolute atomic E-state index is 13.3. The second kappa shape index (κ2) is 6.13. The lowest BCUT2D eigenvalue weighted by atomic mass is 9.80. The molecule has 2 aromatic carbocycles. The fraction of sp³-hybridized carbons (Fsp3) is 0.458. The van der Waals surface area contributed by atoms with Crippen LogP contribution in [0, 0.1) is 5.92 Å². The maximum Gasteiger partial charge on any atom is 0.166 e. The minimum Gasteiger partial charge on any atom is -0.294 e. The van der Waals surface area contributed by atoms with Gasteiger partial charge in [-0.25, -0.2) is 0 Å². The number of hydrogen-bond donors (Lipinski definition) is 0. The first kappa shape index (κ1) is 17.4. The van der Waals surface area contributed by atoms with Crippen LogP contribution in [0.1, 0.15) is 67.4 Å². The fourth-order valence-corrected chi connectivity index (χ4v) is 7.73. The molecule has 2 nitrogen and oxygen atoms in total. The van der Waals surface area contributed by atoms with Crippen molar-refractivity contribution in [3.05, 3.63) is 59.2 Å². The van der Waals surface area contributed by atoms with E-state index in [0.717, 1.165) is 31.2 Å². The van der Waals surface area contributed by atoms with Crippen LogP contribution in [0.4, 0.5) is 0 Å². The standard InChI is InChI=1S/C24H26O2S/c1-24(2)21-9-4-3-8-19(21)20-11-10-15(14-22(20)24)23(25)16-12-17-6-5-7-18(13-16)27(17)26/h3-4,8-11,14,16-18H,5-7,12-13H2,1-2H3. The van der Waals surface area contributed by atoms with Gasteiger partial charge in [0.1, 0.15) is 0 Å². The molecule has 2 bridgehead atoms. The highest BCUT2D eigenvalue weighted by Crippen LogP contribution is 2.49. The van der Waals surface area contributed by atoms with E-state index < -0.39 is 10.8 Å². The van der Waals surface area contributed by atoms with Crippen molar-refractivity contribution in [2.24, 2.45) is 5.92 Å². The summed E-state index contributed by atoms with van der Waals surface area (Å²) in [5, 5.41) is 0.475. The van der Waals surface area contributed by atoms with Crippen molar-refractivity contribution in [2.45, 2.75) is 61.9 Å². The smallest absolute Gasteiger partial charge is 0.166 e. The van der Waals surface area contributed by atoms with Crippen molar-refractivity contribution < 1.29 is 9.00 Å². The van der Waals surface area contributed by atoms with E-state index in [0.29, 0.717) is 0 Å². The summed E-state index contributed by atoms with van der Waals surface area (Å²) >= 11 is 0. The SMILES string of the molecule is CC1(C)c2ccccc2-c2ccc(C(=O)C3CC4CCCC(C3)S4=O)cc21. The molecule has 2 unspecified atom stereocenters. The molecule has 0 N–H and O–H groups in total. The molecule has 2 aliphatic heterocycles. The average Bonchev–Trinajstić information content (AvgIpc) is 2.89. The van der Waals surface area contributed by atoms with Crippen molar-refractivity contribution in [1.82, 2.24) is 0 Å². The Kier molecular flexibility index (Phi) is 3.94. The average molecular weight is 379 g/mol. The number of benzene rings is 2. The third kappa shape index (κ3) is 2.58. The first-order valence-electron chi connectivity index (χ1n) is 10.1. The molecule has 0 aromatic heterocycles. The van der Waals surface area contributed by atoms with Gasteiger partial charge in [-0.05, 0) is 54.0 Å². The number of carbonyl (C=O) groups excluding carboxylic acids is 1. The van der Waals surface area contributed by atoms with Crippen molar-refractivity contribution in [3.8, 4) is 11.1 Å². The molecule has 0 radical (unpaired) electrons. The Morgan fingerprint density at radius 2 is 1.63 bits per heavy atom. The van der Waals surface area contributed by atoms with Crippen LogP contribution in [0.3, 0.4) is 0 Å². The zero-order valence-corrected chi connectivity index (χ0v) is 16.9. The molecule has 2 fully saturated rings. The van der Waals surface area contributed by atoms with Gasteiger partial charge in [0, 0.05) is 38.2 Å². The molecule has 3 aliphatic rings. The van der Waals surface area contributed by atoms with Crippen molar-refractivity contribution >= 4 is 16.6 Å². The molecule has 140 valence electrons. The molecule has 27 heavy (non-hydrogen) atoms. The van der Waals surface area contributed by atoms with Gasteiger partial charge in [0.2, 0.25) is 0 Å². The predicted octanol–water partition coefficient (Wildman–Crippen LogP) is 5.26. The summed E-state index contributed by atoms with van der Waals surface area (Å²) in [6.07, 6.45) is 4.84. The minimum atomic E-state index is -0.721. The van der Waals surface area contributed by atoms with E-state index in [1.54, 1.807) is 0 Å². The number of fused-ring (bicyclic) bond motifs is 5. The van der Waals surface area contributed by atoms with Crippen LogP contribution in [0.15, 0.2) is 42.5 Å². The summed E-state index contributed by atoms with van der Waals surface area (Å²) in [5.74, 6) is 0.307. The lowest BCUT2D eigenvalue weighted by molar-refractivity contribution is 0.0895. The highest BCUT2D eigenvalue weighted by molar-refractivity contribution is 7.86. The third-order valence-corrected chi connectivity index (χ3v) is 9.21. The largest absolute Gasteiger partial charge is 0.294 e. The summed E-state index contributed by atoms with van der Waals surface area (Å²) in [5.41, 5.74) is 5.91. The maximum atomic E-state index is 13.3. The Morgan fingerprint density at radius 1 is 0.963 bits per heavy atom. The van der Waals surface area contributed by atoms with E-state index in [-0.39, 0.29) is 27.6 Å². The Balaban J connectivity index is 1.49. The molecule has 2 atom stereocenters. The van der Waals surface area contributed by atoms with E-state index in [1.807, 2.05) is 6.07 Å². The lowest BCUT2D eigenvalue weighted by Gasteiger charge is -2.37. The number of rotatable bonds is 2. The minimum absolute atomic E-state index is 0.0444. The molecule has 3 heteroatoms. The van der Waals surface area contributed by atoms with Gasteiger partial charge in [-0.1, -0.05) is 56.7 Å². The summed E-state index contributed by atoms with van der Waals surface area (Å²) < 4.78 is 12.5. The molecule has 0 amide bonds. The first-order valence-corrected chi connectivity index (χ1v) is 11.4. The van der Waals surface area contributed by atoms with E-state index in [1.165, 1.54) is 28.7 Å². The first-order chi connectivity index (χ1) is 13.0. The monoisotopic (exact) mass is 378 g/mol. The Hall–Kier alpha value is -1.74. The molecule has 0 spiro atoms. The predicted molar refractivity (Wildman–Crippen MR) is 111 cm³/mol. The quantitative estimate of drug-likeness (QED) is 0.668. The summed E-state index contributed by atoms with van der Waals surface area (Å²) in [4.78, 5) is 13.3. The molecular weight excluding hydrogens is 352 g/mol. The van der Waals surface area contributed by atoms with E-state index in [9.17, 15) is 9.00 Å². The highest BCUT2D eigenvalue weighted by atomic mass is 32.2. The lowest BCUT2D eigenvalue weighted by Crippen LogP contribution is -2.41. The van der Waals surface area contributed by atoms with Crippen molar-refractivity contribution in [2.75, 3.05) is 0 Å². The van der Waals surface area contributed by atoms with Crippen LogP contribution < -0.4 is 0 Å². The van der Waals surface area contributed by atoms with Crippen LogP contribution in [0.2, 0.25) is 0 Å². The van der Waals surface area contributed by atoms with Crippen molar-refractivity contribution in [1.29, 1.82) is 0 Å². The molecule has 2 aromatic rings. The second-order valence-electron chi connectivity index (χ2n) is 8.97. The molecule has 5 rings (SSSR count). The number of Topliss-reactive ketones (excluding diaryl/α,β-unsaturated/α-hetero) is 1. The summed E-state index contributed by atoms with van der Waals surface area (Å²) in [7, 11) is -0.721. The Bertz CT molecular complexity index is 943. The normalized spacial score (nSPS) is 30.4. The topological polar surface area (TPSA) is 34.1 Å². The van der Waals surface area contributed by atoms with Gasteiger partial charge in [-0.2, -0.15) is 0 Å². The molecule has 1 aliphatic carbocycles. The van der Waals surface area contributed by atoms with E-state index in [4.69, 9.17) is 0 Å². The highest BCUT2D eigenvalue weighted by Gasteiger charge is 2.41.